The van der Waals surface area contributed by atoms with Gasteiger partial charge in [0, 0.05) is 0 Å². The maximum atomic E-state index is 2.37. The van der Waals surface area contributed by atoms with Crippen LogP contribution in [0.2, 0.25) is 0 Å². The standard InChI is InChI=1S/C9H13.C6H7.2ClH.Zr/c1-9(2,3)8-6-4-5-7-8;1-6-4-2-3-5-6;;;/h4,6H,5H2,1-3H3;2,4H,3H2,1H3;2*1H;/q;;;;+2/p-2. The summed E-state index contributed by atoms with van der Waals surface area (Å²) in [5, 5.41) is 0. The van der Waals surface area contributed by atoms with Gasteiger partial charge >= 0.3 is 111 Å². The van der Waals surface area contributed by atoms with Gasteiger partial charge in [0.25, 0.3) is 0 Å². The van der Waals surface area contributed by atoms with E-state index in [0.29, 0.717) is 5.41 Å². The van der Waals surface area contributed by atoms with Crippen molar-refractivity contribution >= 4 is 0 Å². The minimum absolute atomic E-state index is 0. The smallest absolute Gasteiger partial charge is 1.00 e. The Bertz CT molecular complexity index is 420. The van der Waals surface area contributed by atoms with E-state index in [0.717, 1.165) is 0 Å². The van der Waals surface area contributed by atoms with Crippen LogP contribution in [0, 0.1) is 5.41 Å². The first-order valence-corrected chi connectivity index (χ1v) is 8.48. The monoisotopic (exact) mass is 360 g/mol. The molecule has 0 saturated carbocycles. The van der Waals surface area contributed by atoms with Crippen molar-refractivity contribution in [3.8, 4) is 0 Å². The molecular weight excluding hydrogens is 342 g/mol. The second-order valence-electron chi connectivity index (χ2n) is 5.64. The summed E-state index contributed by atoms with van der Waals surface area (Å²) in [7, 11) is 0. The van der Waals surface area contributed by atoms with Crippen LogP contribution in [0.5, 0.6) is 0 Å². The van der Waals surface area contributed by atoms with E-state index in [4.69, 9.17) is 0 Å². The van der Waals surface area contributed by atoms with Crippen LogP contribution >= 0.6 is 0 Å². The molecular formula is C15H20Cl2Zr. The summed E-state index contributed by atoms with van der Waals surface area (Å²) in [5.74, 6) is 0. The van der Waals surface area contributed by atoms with E-state index in [-0.39, 0.29) is 24.8 Å². The molecule has 98 valence electrons. The topological polar surface area (TPSA) is 0 Å². The van der Waals surface area contributed by atoms with Crippen molar-refractivity contribution in [1.82, 2.24) is 0 Å². The zero-order chi connectivity index (χ0) is 11.8. The zero-order valence-electron chi connectivity index (χ0n) is 11.5. The molecule has 0 saturated heterocycles. The van der Waals surface area contributed by atoms with Gasteiger partial charge in [0.15, 0.2) is 0 Å². The predicted octanol–water partition coefficient (Wildman–Crippen LogP) is -1.43. The summed E-state index contributed by atoms with van der Waals surface area (Å²) in [6.45, 7) is 9.29. The molecule has 0 bridgehead atoms. The minimum atomic E-state index is -0.480. The summed E-state index contributed by atoms with van der Waals surface area (Å²) in [6, 6.07) is 0. The van der Waals surface area contributed by atoms with Crippen LogP contribution in [0.4, 0.5) is 0 Å². The molecule has 18 heavy (non-hydrogen) atoms. The van der Waals surface area contributed by atoms with Crippen molar-refractivity contribution in [3.63, 3.8) is 0 Å². The second kappa shape index (κ2) is 7.27. The van der Waals surface area contributed by atoms with E-state index in [9.17, 15) is 0 Å². The van der Waals surface area contributed by atoms with E-state index < -0.39 is 23.2 Å². The summed E-state index contributed by atoms with van der Waals surface area (Å²) in [6.07, 6.45) is 11.8. The molecule has 0 aromatic carbocycles. The van der Waals surface area contributed by atoms with E-state index in [1.165, 1.54) is 12.8 Å². The van der Waals surface area contributed by atoms with Gasteiger partial charge in [-0.3, -0.25) is 0 Å². The Morgan fingerprint density at radius 3 is 2.00 bits per heavy atom. The fraction of sp³-hybridized carbons (Fsp3) is 0.467. The largest absolute Gasteiger partial charge is 1.00 e. The molecule has 0 nitrogen and oxygen atoms in total. The molecule has 0 spiro atoms. The van der Waals surface area contributed by atoms with E-state index in [1.807, 2.05) is 0 Å². The van der Waals surface area contributed by atoms with Gasteiger partial charge in [-0.2, -0.15) is 0 Å². The van der Waals surface area contributed by atoms with E-state index in [1.54, 1.807) is 17.7 Å². The molecule has 2 aliphatic rings. The molecule has 0 atom stereocenters. The van der Waals surface area contributed by atoms with Gasteiger partial charge in [-0.05, 0) is 0 Å². The number of hydrogen-bond acceptors (Lipinski definition) is 0. The van der Waals surface area contributed by atoms with Crippen molar-refractivity contribution in [2.24, 2.45) is 5.41 Å². The SMILES string of the molecule is CC1=[C]([Zr+2][C]2=C(C(C)(C)C)C=CC2)CC=C1.[Cl-].[Cl-]. The maximum absolute atomic E-state index is 2.37. The minimum Gasteiger partial charge on any atom is -1.00 e. The zero-order valence-corrected chi connectivity index (χ0v) is 15.4. The molecule has 2 rings (SSSR count). The van der Waals surface area contributed by atoms with Gasteiger partial charge in [0.05, 0.1) is 0 Å². The third kappa shape index (κ3) is 4.22. The quantitative estimate of drug-likeness (QED) is 0.565. The summed E-state index contributed by atoms with van der Waals surface area (Å²) in [5.41, 5.74) is 3.52. The Hall–Kier alpha value is 0.423. The Labute approximate surface area is 135 Å². The second-order valence-corrected chi connectivity index (χ2v) is 9.22. The number of allylic oxidation sites excluding steroid dienone is 8. The first-order chi connectivity index (χ1) is 7.48. The molecule has 0 amide bonds. The van der Waals surface area contributed by atoms with E-state index in [2.05, 4.69) is 52.0 Å². The third-order valence-corrected chi connectivity index (χ3v) is 7.33. The van der Waals surface area contributed by atoms with Crippen LogP contribution in [-0.2, 0) is 23.2 Å². The summed E-state index contributed by atoms with van der Waals surface area (Å²) < 4.78 is 3.58. The van der Waals surface area contributed by atoms with Gasteiger partial charge in [0.2, 0.25) is 0 Å². The van der Waals surface area contributed by atoms with Crippen molar-refractivity contribution in [3.05, 3.63) is 42.0 Å². The molecule has 0 fully saturated rings. The molecule has 0 aromatic rings. The van der Waals surface area contributed by atoms with Crippen LogP contribution in [0.1, 0.15) is 40.5 Å². The number of hydrogen-bond donors (Lipinski definition) is 0. The average molecular weight is 362 g/mol. The molecule has 0 unspecified atom stereocenters. The van der Waals surface area contributed by atoms with E-state index >= 15 is 0 Å². The van der Waals surface area contributed by atoms with Crippen LogP contribution in [-0.4, -0.2) is 0 Å². The molecule has 0 heterocycles. The molecule has 0 aliphatic heterocycles. The molecule has 0 N–H and O–H groups in total. The van der Waals surface area contributed by atoms with Crippen molar-refractivity contribution in [2.45, 2.75) is 40.5 Å². The number of rotatable bonds is 2. The molecule has 0 aromatic heterocycles. The predicted molar refractivity (Wildman–Crippen MR) is 66.7 cm³/mol. The first kappa shape index (κ1) is 18.4. The Balaban J connectivity index is 0.00000144. The maximum Gasteiger partial charge on any atom is -1.00 e. The normalized spacial score (nSPS) is 17.8. The fourth-order valence-electron chi connectivity index (χ4n) is 2.27. The van der Waals surface area contributed by atoms with Crippen LogP contribution in [0.25, 0.3) is 0 Å². The molecule has 2 aliphatic carbocycles. The Morgan fingerprint density at radius 1 is 0.944 bits per heavy atom. The third-order valence-electron chi connectivity index (χ3n) is 3.21. The van der Waals surface area contributed by atoms with Crippen LogP contribution in [0.15, 0.2) is 42.0 Å². The fourth-order valence-corrected chi connectivity index (χ4v) is 6.40. The van der Waals surface area contributed by atoms with Crippen molar-refractivity contribution < 1.29 is 48.0 Å². The van der Waals surface area contributed by atoms with Gasteiger partial charge in [-0.25, -0.2) is 0 Å². The molecule has 3 heteroatoms. The Morgan fingerprint density at radius 2 is 1.50 bits per heavy atom. The van der Waals surface area contributed by atoms with Gasteiger partial charge in [-0.15, -0.1) is 0 Å². The van der Waals surface area contributed by atoms with Crippen LogP contribution in [0.3, 0.4) is 0 Å². The van der Waals surface area contributed by atoms with Crippen LogP contribution < -0.4 is 24.8 Å². The van der Waals surface area contributed by atoms with Crippen molar-refractivity contribution in [1.29, 1.82) is 0 Å². The first-order valence-electron chi connectivity index (χ1n) is 6.02. The average Bonchev–Trinajstić information content (AvgIpc) is 2.76. The summed E-state index contributed by atoms with van der Waals surface area (Å²) in [4.78, 5) is 0. The Kier molecular flexibility index (Phi) is 7.44. The number of halogens is 2. The van der Waals surface area contributed by atoms with Crippen molar-refractivity contribution in [2.75, 3.05) is 0 Å². The molecule has 0 radical (unpaired) electrons. The van der Waals surface area contributed by atoms with Gasteiger partial charge < -0.3 is 24.8 Å². The summed E-state index contributed by atoms with van der Waals surface area (Å²) >= 11 is -0.480. The van der Waals surface area contributed by atoms with Gasteiger partial charge in [-0.1, -0.05) is 0 Å². The van der Waals surface area contributed by atoms with Gasteiger partial charge in [0.1, 0.15) is 0 Å².